The van der Waals surface area contributed by atoms with Crippen LogP contribution in [0.5, 0.6) is 5.75 Å². The molecule has 0 spiro atoms. The molecule has 19 heavy (non-hydrogen) atoms. The molecule has 0 aliphatic rings. The Morgan fingerprint density at radius 2 is 2.11 bits per heavy atom. The molecule has 106 valence electrons. The zero-order valence-electron chi connectivity index (χ0n) is 11.6. The van der Waals surface area contributed by atoms with E-state index in [1.54, 1.807) is 23.1 Å². The molecule has 0 aliphatic carbocycles. The van der Waals surface area contributed by atoms with Crippen molar-refractivity contribution in [3.05, 3.63) is 27.3 Å². The van der Waals surface area contributed by atoms with E-state index in [1.807, 2.05) is 20.8 Å². The molecule has 3 N–H and O–H groups in total. The molecule has 0 heterocycles. The molecule has 0 atom stereocenters. The number of hydrogen-bond donors (Lipinski definition) is 2. The molecular formula is C14H21IN2O2. The summed E-state index contributed by atoms with van der Waals surface area (Å²) in [4.78, 5) is 14.2. The third-order valence-electron chi connectivity index (χ3n) is 3.03. The Kier molecular flexibility index (Phi) is 5.61. The lowest BCUT2D eigenvalue weighted by Gasteiger charge is -2.31. The average molecular weight is 376 g/mol. The SMILES string of the molecule is CCN(CC(C)(C)CN)C(=O)c1cc(I)ccc1O. The van der Waals surface area contributed by atoms with Crippen LogP contribution in [0.1, 0.15) is 31.1 Å². The van der Waals surface area contributed by atoms with Crippen LogP contribution in [-0.4, -0.2) is 35.5 Å². The molecular weight excluding hydrogens is 355 g/mol. The Bertz CT molecular complexity index is 461. The summed E-state index contributed by atoms with van der Waals surface area (Å²) in [6.07, 6.45) is 0. The van der Waals surface area contributed by atoms with Crippen LogP contribution in [0.15, 0.2) is 18.2 Å². The normalized spacial score (nSPS) is 11.4. The van der Waals surface area contributed by atoms with Crippen molar-refractivity contribution in [3.63, 3.8) is 0 Å². The molecule has 0 aromatic heterocycles. The highest BCUT2D eigenvalue weighted by atomic mass is 127. The number of benzene rings is 1. The summed E-state index contributed by atoms with van der Waals surface area (Å²) in [6.45, 7) is 7.65. The van der Waals surface area contributed by atoms with Crippen LogP contribution < -0.4 is 5.73 Å². The van der Waals surface area contributed by atoms with Gasteiger partial charge in [-0.2, -0.15) is 0 Å². The van der Waals surface area contributed by atoms with E-state index >= 15 is 0 Å². The van der Waals surface area contributed by atoms with Crippen molar-refractivity contribution >= 4 is 28.5 Å². The van der Waals surface area contributed by atoms with Gasteiger partial charge in [0.2, 0.25) is 0 Å². The largest absolute Gasteiger partial charge is 0.507 e. The second-order valence-corrected chi connectivity index (χ2v) is 6.59. The van der Waals surface area contributed by atoms with Gasteiger partial charge in [-0.15, -0.1) is 0 Å². The maximum absolute atomic E-state index is 12.5. The number of hydrogen-bond acceptors (Lipinski definition) is 3. The molecule has 0 bridgehead atoms. The molecule has 1 aromatic rings. The molecule has 0 saturated carbocycles. The van der Waals surface area contributed by atoms with Gasteiger partial charge in [-0.1, -0.05) is 13.8 Å². The molecule has 4 nitrogen and oxygen atoms in total. The van der Waals surface area contributed by atoms with Gasteiger partial charge in [0.25, 0.3) is 5.91 Å². The number of halogens is 1. The van der Waals surface area contributed by atoms with Crippen molar-refractivity contribution < 1.29 is 9.90 Å². The van der Waals surface area contributed by atoms with Crippen LogP contribution in [0.2, 0.25) is 0 Å². The van der Waals surface area contributed by atoms with Crippen LogP contribution in [0.4, 0.5) is 0 Å². The lowest BCUT2D eigenvalue weighted by Crippen LogP contribution is -2.42. The zero-order valence-corrected chi connectivity index (χ0v) is 13.8. The van der Waals surface area contributed by atoms with Crippen molar-refractivity contribution in [1.82, 2.24) is 4.90 Å². The van der Waals surface area contributed by atoms with Gasteiger partial charge in [-0.25, -0.2) is 0 Å². The lowest BCUT2D eigenvalue weighted by molar-refractivity contribution is 0.0697. The van der Waals surface area contributed by atoms with Crippen LogP contribution in [0.3, 0.4) is 0 Å². The van der Waals surface area contributed by atoms with Gasteiger partial charge in [-0.05, 0) is 59.7 Å². The minimum Gasteiger partial charge on any atom is -0.507 e. The van der Waals surface area contributed by atoms with E-state index < -0.39 is 0 Å². The van der Waals surface area contributed by atoms with Crippen molar-refractivity contribution in [3.8, 4) is 5.75 Å². The van der Waals surface area contributed by atoms with Crippen molar-refractivity contribution in [2.75, 3.05) is 19.6 Å². The molecule has 0 radical (unpaired) electrons. The van der Waals surface area contributed by atoms with Crippen molar-refractivity contribution in [2.24, 2.45) is 11.1 Å². The number of amides is 1. The number of phenolic OH excluding ortho intramolecular Hbond substituents is 1. The second-order valence-electron chi connectivity index (χ2n) is 5.35. The fraction of sp³-hybridized carbons (Fsp3) is 0.500. The molecule has 0 saturated heterocycles. The maximum atomic E-state index is 12.5. The number of rotatable bonds is 5. The Morgan fingerprint density at radius 3 is 2.63 bits per heavy atom. The summed E-state index contributed by atoms with van der Waals surface area (Å²) in [5.41, 5.74) is 5.93. The minimum atomic E-state index is -0.153. The second kappa shape index (κ2) is 6.56. The fourth-order valence-electron chi connectivity index (χ4n) is 1.76. The molecule has 1 aromatic carbocycles. The minimum absolute atomic E-state index is 0.0226. The number of carbonyl (C=O) groups is 1. The van der Waals surface area contributed by atoms with Gasteiger partial charge in [0.05, 0.1) is 5.56 Å². The first-order valence-electron chi connectivity index (χ1n) is 6.28. The predicted molar refractivity (Wildman–Crippen MR) is 85.2 cm³/mol. The van der Waals surface area contributed by atoms with E-state index in [4.69, 9.17) is 5.73 Å². The van der Waals surface area contributed by atoms with Gasteiger partial charge in [0.1, 0.15) is 5.75 Å². The Balaban J connectivity index is 2.99. The molecule has 0 aliphatic heterocycles. The predicted octanol–water partition coefficient (Wildman–Crippen LogP) is 2.44. The Hall–Kier alpha value is -0.820. The lowest BCUT2D eigenvalue weighted by atomic mass is 9.93. The molecule has 1 rings (SSSR count). The zero-order chi connectivity index (χ0) is 14.6. The van der Waals surface area contributed by atoms with Gasteiger partial charge in [0.15, 0.2) is 0 Å². The van der Waals surface area contributed by atoms with E-state index in [-0.39, 0.29) is 17.1 Å². The summed E-state index contributed by atoms with van der Waals surface area (Å²) in [5.74, 6) is -0.130. The van der Waals surface area contributed by atoms with E-state index in [2.05, 4.69) is 22.6 Å². The summed E-state index contributed by atoms with van der Waals surface area (Å²) in [6, 6.07) is 5.03. The average Bonchev–Trinajstić information content (AvgIpc) is 2.38. The van der Waals surface area contributed by atoms with E-state index in [0.717, 1.165) is 3.57 Å². The van der Waals surface area contributed by atoms with Gasteiger partial charge < -0.3 is 15.7 Å². The van der Waals surface area contributed by atoms with Gasteiger partial charge in [0, 0.05) is 16.7 Å². The molecule has 0 fully saturated rings. The quantitative estimate of drug-likeness (QED) is 0.776. The van der Waals surface area contributed by atoms with E-state index in [0.29, 0.717) is 25.2 Å². The topological polar surface area (TPSA) is 66.6 Å². The summed E-state index contributed by atoms with van der Waals surface area (Å²) in [7, 11) is 0. The monoisotopic (exact) mass is 376 g/mol. The van der Waals surface area contributed by atoms with Crippen molar-refractivity contribution in [1.29, 1.82) is 0 Å². The Morgan fingerprint density at radius 1 is 1.47 bits per heavy atom. The third kappa shape index (κ3) is 4.35. The fourth-order valence-corrected chi connectivity index (χ4v) is 2.25. The number of nitrogens with zero attached hydrogens (tertiary/aromatic N) is 1. The maximum Gasteiger partial charge on any atom is 0.257 e. The number of aromatic hydroxyl groups is 1. The van der Waals surface area contributed by atoms with Crippen LogP contribution in [0.25, 0.3) is 0 Å². The molecule has 5 heteroatoms. The highest BCUT2D eigenvalue weighted by Crippen LogP contribution is 2.23. The highest BCUT2D eigenvalue weighted by molar-refractivity contribution is 14.1. The third-order valence-corrected chi connectivity index (χ3v) is 3.70. The summed E-state index contributed by atoms with van der Waals surface area (Å²) >= 11 is 2.12. The standard InChI is InChI=1S/C14H21IN2O2/c1-4-17(9-14(2,3)8-16)13(19)11-7-10(15)5-6-12(11)18/h5-7,18H,4,8-9,16H2,1-3H3. The first-order chi connectivity index (χ1) is 8.80. The first kappa shape index (κ1) is 16.2. The number of nitrogens with two attached hydrogens (primary N) is 1. The highest BCUT2D eigenvalue weighted by Gasteiger charge is 2.25. The van der Waals surface area contributed by atoms with Crippen LogP contribution >= 0.6 is 22.6 Å². The molecule has 0 unspecified atom stereocenters. The number of carbonyl (C=O) groups excluding carboxylic acids is 1. The molecule has 1 amide bonds. The van der Waals surface area contributed by atoms with Crippen LogP contribution in [-0.2, 0) is 0 Å². The summed E-state index contributed by atoms with van der Waals surface area (Å²) < 4.78 is 0.924. The van der Waals surface area contributed by atoms with Crippen LogP contribution in [0, 0.1) is 8.99 Å². The van der Waals surface area contributed by atoms with E-state index in [1.165, 1.54) is 0 Å². The van der Waals surface area contributed by atoms with E-state index in [9.17, 15) is 9.90 Å². The van der Waals surface area contributed by atoms with Crippen molar-refractivity contribution in [2.45, 2.75) is 20.8 Å². The Labute approximate surface area is 128 Å². The van der Waals surface area contributed by atoms with Gasteiger partial charge >= 0.3 is 0 Å². The smallest absolute Gasteiger partial charge is 0.257 e. The number of phenols is 1. The first-order valence-corrected chi connectivity index (χ1v) is 7.36. The summed E-state index contributed by atoms with van der Waals surface area (Å²) in [5, 5.41) is 9.83. The van der Waals surface area contributed by atoms with Gasteiger partial charge in [-0.3, -0.25) is 4.79 Å².